The largest absolute Gasteiger partial charge is 0.320 e. The van der Waals surface area contributed by atoms with Crippen molar-refractivity contribution in [2.24, 2.45) is 5.14 Å². The van der Waals surface area contributed by atoms with E-state index in [9.17, 15) is 13.2 Å². The number of benzene rings is 1. The zero-order valence-corrected chi connectivity index (χ0v) is 19.2. The minimum Gasteiger partial charge on any atom is -0.320 e. The van der Waals surface area contributed by atoms with Crippen LogP contribution in [0.1, 0.15) is 55.6 Å². The molecule has 4 rings (SSSR count). The first-order valence-corrected chi connectivity index (χ1v) is 12.9. The number of imidazole rings is 1. The van der Waals surface area contributed by atoms with Crippen molar-refractivity contribution in [1.82, 2.24) is 9.55 Å². The number of anilines is 1. The highest BCUT2D eigenvalue weighted by atomic mass is 32.2. The molecule has 1 aliphatic carbocycles. The van der Waals surface area contributed by atoms with Gasteiger partial charge in [-0.1, -0.05) is 24.6 Å². The predicted octanol–water partition coefficient (Wildman–Crippen LogP) is 3.33. The van der Waals surface area contributed by atoms with E-state index in [1.54, 1.807) is 17.0 Å². The van der Waals surface area contributed by atoms with Gasteiger partial charge in [-0.2, -0.15) is 0 Å². The summed E-state index contributed by atoms with van der Waals surface area (Å²) >= 11 is 1.49. The molecule has 1 saturated carbocycles. The van der Waals surface area contributed by atoms with Gasteiger partial charge in [0.2, 0.25) is 15.9 Å². The summed E-state index contributed by atoms with van der Waals surface area (Å²) in [6.45, 7) is 6.11. The Morgan fingerprint density at radius 3 is 2.63 bits per heavy atom. The molecule has 1 amide bonds. The Morgan fingerprint density at radius 2 is 1.97 bits per heavy atom. The highest BCUT2D eigenvalue weighted by molar-refractivity contribution is 7.99. The number of sulfonamides is 1. The third-order valence-electron chi connectivity index (χ3n) is 6.23. The first-order chi connectivity index (χ1) is 14.2. The fourth-order valence-electron chi connectivity index (χ4n) is 4.65. The Balaban J connectivity index is 1.53. The van der Waals surface area contributed by atoms with Crippen molar-refractivity contribution in [2.75, 3.05) is 10.7 Å². The molecule has 1 unspecified atom stereocenters. The topological polar surface area (TPSA) is 98.3 Å². The van der Waals surface area contributed by atoms with Crippen LogP contribution in [-0.4, -0.2) is 35.7 Å². The van der Waals surface area contributed by atoms with Crippen LogP contribution in [0.15, 0.2) is 28.3 Å². The Hall–Kier alpha value is -1.84. The lowest BCUT2D eigenvalue weighted by atomic mass is 10.1. The molecule has 7 nitrogen and oxygen atoms in total. The van der Waals surface area contributed by atoms with Crippen LogP contribution in [0.25, 0.3) is 0 Å². The Morgan fingerprint density at radius 1 is 1.27 bits per heavy atom. The van der Waals surface area contributed by atoms with Crippen LogP contribution >= 0.6 is 11.8 Å². The lowest BCUT2D eigenvalue weighted by molar-refractivity contribution is -0.116. The molecular weight excluding hydrogens is 420 g/mol. The highest BCUT2D eigenvalue weighted by Gasteiger charge is 2.32. The van der Waals surface area contributed by atoms with Crippen LogP contribution in [-0.2, 0) is 21.2 Å². The van der Waals surface area contributed by atoms with Crippen molar-refractivity contribution in [3.63, 3.8) is 0 Å². The van der Waals surface area contributed by atoms with E-state index in [0.717, 1.165) is 22.1 Å². The summed E-state index contributed by atoms with van der Waals surface area (Å²) in [6, 6.07) is 5.20. The number of hydrogen-bond acceptors (Lipinski definition) is 5. The van der Waals surface area contributed by atoms with Crippen molar-refractivity contribution in [1.29, 1.82) is 0 Å². The summed E-state index contributed by atoms with van der Waals surface area (Å²) in [5.41, 5.74) is 3.82. The third kappa shape index (κ3) is 3.90. The third-order valence-corrected chi connectivity index (χ3v) is 8.08. The van der Waals surface area contributed by atoms with Crippen molar-refractivity contribution in [3.8, 4) is 0 Å². The molecule has 1 aromatic carbocycles. The van der Waals surface area contributed by atoms with Crippen molar-refractivity contribution >= 4 is 33.4 Å². The van der Waals surface area contributed by atoms with Crippen LogP contribution in [0.2, 0.25) is 0 Å². The Bertz CT molecular complexity index is 1090. The number of carbonyl (C=O) groups is 1. The van der Waals surface area contributed by atoms with Gasteiger partial charge in [0.25, 0.3) is 0 Å². The number of fused-ring (bicyclic) bond motifs is 1. The standard InChI is InChI=1S/C21H28N4O3S2/c1-13-10-16-11-18(30(22,27)28)8-9-19(16)24(13)20(26)12-29-21-23-14(2)15(3)25(21)17-6-4-5-7-17/h8-9,11,13,17H,4-7,10,12H2,1-3H3,(H2,22,27,28). The fourth-order valence-corrected chi connectivity index (χ4v) is 6.23. The van der Waals surface area contributed by atoms with Crippen molar-refractivity contribution in [2.45, 2.75) is 75.0 Å². The van der Waals surface area contributed by atoms with Gasteiger partial charge in [-0.05, 0) is 63.8 Å². The number of primary sulfonamides is 1. The molecule has 162 valence electrons. The monoisotopic (exact) mass is 448 g/mol. The van der Waals surface area contributed by atoms with E-state index >= 15 is 0 Å². The van der Waals surface area contributed by atoms with Crippen molar-refractivity contribution < 1.29 is 13.2 Å². The van der Waals surface area contributed by atoms with Gasteiger partial charge in [-0.25, -0.2) is 18.5 Å². The molecule has 9 heteroatoms. The van der Waals surface area contributed by atoms with Gasteiger partial charge in [0.1, 0.15) is 0 Å². The number of nitrogens with zero attached hydrogens (tertiary/aromatic N) is 3. The van der Waals surface area contributed by atoms with E-state index in [2.05, 4.69) is 11.5 Å². The molecule has 0 saturated heterocycles. The minimum atomic E-state index is -3.76. The number of nitrogens with two attached hydrogens (primary N) is 1. The zero-order chi connectivity index (χ0) is 21.6. The molecule has 2 N–H and O–H groups in total. The number of aryl methyl sites for hydroxylation is 1. The van der Waals surface area contributed by atoms with E-state index < -0.39 is 10.0 Å². The van der Waals surface area contributed by atoms with Crippen LogP contribution in [0.5, 0.6) is 0 Å². The molecule has 2 aliphatic rings. The number of amides is 1. The van der Waals surface area contributed by atoms with Gasteiger partial charge < -0.3 is 9.47 Å². The second-order valence-corrected chi connectivity index (χ2v) is 10.8. The number of carbonyl (C=O) groups excluding carboxylic acids is 1. The first-order valence-electron chi connectivity index (χ1n) is 10.3. The van der Waals surface area contributed by atoms with Crippen LogP contribution in [0.4, 0.5) is 5.69 Å². The van der Waals surface area contributed by atoms with Gasteiger partial charge >= 0.3 is 0 Å². The molecule has 0 bridgehead atoms. The lowest BCUT2D eigenvalue weighted by Gasteiger charge is -2.23. The summed E-state index contributed by atoms with van der Waals surface area (Å²) < 4.78 is 25.6. The molecule has 1 aliphatic heterocycles. The van der Waals surface area contributed by atoms with Gasteiger partial charge in [0, 0.05) is 23.5 Å². The second kappa shape index (κ2) is 8.01. The summed E-state index contributed by atoms with van der Waals surface area (Å²) in [7, 11) is -3.76. The summed E-state index contributed by atoms with van der Waals surface area (Å²) in [6.07, 6.45) is 5.44. The average Bonchev–Trinajstić information content (AvgIpc) is 3.37. The molecule has 30 heavy (non-hydrogen) atoms. The number of rotatable bonds is 5. The van der Waals surface area contributed by atoms with Gasteiger partial charge in [-0.15, -0.1) is 0 Å². The molecule has 0 radical (unpaired) electrons. The van der Waals surface area contributed by atoms with E-state index in [0.29, 0.717) is 18.2 Å². The zero-order valence-electron chi connectivity index (χ0n) is 17.6. The minimum absolute atomic E-state index is 0.00545. The first kappa shape index (κ1) is 21.4. The van der Waals surface area contributed by atoms with Gasteiger partial charge in [0.15, 0.2) is 5.16 Å². The highest BCUT2D eigenvalue weighted by Crippen LogP contribution is 2.37. The van der Waals surface area contributed by atoms with Crippen LogP contribution in [0.3, 0.4) is 0 Å². The molecule has 1 aromatic heterocycles. The summed E-state index contributed by atoms with van der Waals surface area (Å²) in [5, 5.41) is 6.17. The number of aromatic nitrogens is 2. The van der Waals surface area contributed by atoms with Gasteiger partial charge in [-0.3, -0.25) is 4.79 Å². The average molecular weight is 449 g/mol. The number of hydrogen-bond donors (Lipinski definition) is 1. The number of thioether (sulfide) groups is 1. The second-order valence-electron chi connectivity index (χ2n) is 8.31. The smallest absolute Gasteiger partial charge is 0.238 e. The normalized spacial score (nSPS) is 19.5. The van der Waals surface area contributed by atoms with E-state index in [1.807, 2.05) is 13.8 Å². The Kier molecular flexibility index (Phi) is 5.71. The summed E-state index contributed by atoms with van der Waals surface area (Å²) in [4.78, 5) is 19.7. The maximum absolute atomic E-state index is 13.1. The van der Waals surface area contributed by atoms with E-state index in [4.69, 9.17) is 10.1 Å². The van der Waals surface area contributed by atoms with Gasteiger partial charge in [0.05, 0.1) is 16.3 Å². The fraction of sp³-hybridized carbons (Fsp3) is 0.524. The van der Waals surface area contributed by atoms with E-state index in [1.165, 1.54) is 49.2 Å². The molecule has 0 spiro atoms. The summed E-state index contributed by atoms with van der Waals surface area (Å²) in [5.74, 6) is 0.300. The maximum Gasteiger partial charge on any atom is 0.238 e. The van der Waals surface area contributed by atoms with Crippen LogP contribution in [0, 0.1) is 13.8 Å². The van der Waals surface area contributed by atoms with Crippen LogP contribution < -0.4 is 10.0 Å². The maximum atomic E-state index is 13.1. The molecule has 2 heterocycles. The Labute approximate surface area is 182 Å². The quantitative estimate of drug-likeness (QED) is 0.708. The SMILES string of the molecule is Cc1nc(SCC(=O)N2c3ccc(S(N)(=O)=O)cc3CC2C)n(C2CCCC2)c1C. The molecule has 2 aromatic rings. The molecule has 1 atom stereocenters. The molecular formula is C21H28N4O3S2. The van der Waals surface area contributed by atoms with Crippen molar-refractivity contribution in [3.05, 3.63) is 35.2 Å². The lowest BCUT2D eigenvalue weighted by Crippen LogP contribution is -2.37. The molecule has 1 fully saturated rings. The predicted molar refractivity (Wildman–Crippen MR) is 118 cm³/mol. The van der Waals surface area contributed by atoms with E-state index in [-0.39, 0.29) is 16.8 Å².